The van der Waals surface area contributed by atoms with Gasteiger partial charge in [0.15, 0.2) is 0 Å². The summed E-state index contributed by atoms with van der Waals surface area (Å²) < 4.78 is 0. The molecule has 0 unspecified atom stereocenters. The third kappa shape index (κ3) is 6.89. The number of hydrogen-bond donors (Lipinski definition) is 0. The van der Waals surface area contributed by atoms with E-state index in [9.17, 15) is 0 Å². The van der Waals surface area contributed by atoms with Gasteiger partial charge in [-0.25, -0.2) is 12.1 Å². The molecule has 0 bridgehead atoms. The second-order valence-electron chi connectivity index (χ2n) is 5.88. The van der Waals surface area contributed by atoms with Crippen LogP contribution < -0.4 is 24.8 Å². The minimum absolute atomic E-state index is 0. The zero-order chi connectivity index (χ0) is 16.8. The van der Waals surface area contributed by atoms with E-state index >= 15 is 0 Å². The summed E-state index contributed by atoms with van der Waals surface area (Å²) in [5, 5.41) is 4.80. The molecule has 26 heavy (non-hydrogen) atoms. The van der Waals surface area contributed by atoms with Crippen LogP contribution in [0, 0.1) is 34.6 Å². The predicted octanol–water partition coefficient (Wildman–Crippen LogP) is 0.977. The average Bonchev–Trinajstić information content (AvgIpc) is 3.16. The van der Waals surface area contributed by atoms with E-state index in [1.54, 1.807) is 0 Å². The zero-order valence-corrected chi connectivity index (χ0v) is 19.1. The van der Waals surface area contributed by atoms with Gasteiger partial charge >= 0.3 is 21.7 Å². The molecular formula is C22H25Cl2NTi. The summed E-state index contributed by atoms with van der Waals surface area (Å²) in [6.07, 6.45) is 0. The molecule has 0 aliphatic heterocycles. The number of para-hydroxylation sites is 1. The van der Waals surface area contributed by atoms with Crippen LogP contribution in [0.5, 0.6) is 0 Å². The van der Waals surface area contributed by atoms with E-state index in [1.165, 1.54) is 27.8 Å². The van der Waals surface area contributed by atoms with Crippen LogP contribution in [-0.2, 0) is 21.7 Å². The summed E-state index contributed by atoms with van der Waals surface area (Å²) in [7, 11) is 0. The van der Waals surface area contributed by atoms with Crippen molar-refractivity contribution >= 4 is 11.4 Å². The summed E-state index contributed by atoms with van der Waals surface area (Å²) >= 11 is 0. The summed E-state index contributed by atoms with van der Waals surface area (Å²) in [4.78, 5) is 0. The van der Waals surface area contributed by atoms with Crippen LogP contribution in [-0.4, -0.2) is 0 Å². The standard InChI is InChI=1S/C17H20N.C5H5.2ClH.Ti/c1-11-12(2)14(4)17(15(5)13(11)3)18-16-9-7-6-8-10-16;1-2-4-5-3-1;;;/h6-10H,1-5H3;1-5H;2*1H;/q2*-1;;;+4/p-2. The van der Waals surface area contributed by atoms with E-state index in [-0.39, 0.29) is 46.5 Å². The van der Waals surface area contributed by atoms with Gasteiger partial charge in [-0.15, -0.1) is 11.4 Å². The first kappa shape index (κ1) is 27.1. The zero-order valence-electron chi connectivity index (χ0n) is 16.0. The van der Waals surface area contributed by atoms with Crippen molar-refractivity contribution in [3.8, 4) is 0 Å². The van der Waals surface area contributed by atoms with Crippen LogP contribution in [0.4, 0.5) is 11.4 Å². The fourth-order valence-corrected chi connectivity index (χ4v) is 2.60. The maximum absolute atomic E-state index is 4.80. The molecular weight excluding hydrogens is 397 g/mol. The van der Waals surface area contributed by atoms with Gasteiger partial charge in [-0.1, -0.05) is 41.5 Å². The van der Waals surface area contributed by atoms with Crippen molar-refractivity contribution in [1.29, 1.82) is 0 Å². The Morgan fingerprint density at radius 2 is 1.04 bits per heavy atom. The average molecular weight is 422 g/mol. The van der Waals surface area contributed by atoms with Crippen LogP contribution in [0.15, 0.2) is 60.7 Å². The molecule has 0 amide bonds. The van der Waals surface area contributed by atoms with E-state index in [2.05, 4.69) is 34.6 Å². The van der Waals surface area contributed by atoms with Crippen LogP contribution >= 0.6 is 0 Å². The van der Waals surface area contributed by atoms with Gasteiger partial charge in [-0.2, -0.15) is 18.2 Å². The Labute approximate surface area is 185 Å². The maximum Gasteiger partial charge on any atom is 4.00 e. The molecule has 0 saturated carbocycles. The Balaban J connectivity index is 0. The minimum atomic E-state index is 0. The first-order chi connectivity index (χ1) is 11.0. The third-order valence-electron chi connectivity index (χ3n) is 4.51. The van der Waals surface area contributed by atoms with Gasteiger partial charge in [0.1, 0.15) is 0 Å². The molecule has 0 radical (unpaired) electrons. The van der Waals surface area contributed by atoms with Gasteiger partial charge in [-0.05, 0) is 51.3 Å². The van der Waals surface area contributed by atoms with Crippen LogP contribution in [0.25, 0.3) is 5.32 Å². The molecule has 136 valence electrons. The van der Waals surface area contributed by atoms with Crippen LogP contribution in [0.1, 0.15) is 27.8 Å². The van der Waals surface area contributed by atoms with E-state index < -0.39 is 0 Å². The van der Waals surface area contributed by atoms with Gasteiger partial charge in [-0.3, -0.25) is 0 Å². The van der Waals surface area contributed by atoms with E-state index in [0.29, 0.717) is 0 Å². The van der Waals surface area contributed by atoms with Crippen LogP contribution in [0.3, 0.4) is 0 Å². The predicted molar refractivity (Wildman–Crippen MR) is 101 cm³/mol. The molecule has 4 heteroatoms. The van der Waals surface area contributed by atoms with Crippen molar-refractivity contribution in [2.45, 2.75) is 34.6 Å². The van der Waals surface area contributed by atoms with Gasteiger partial charge in [0.25, 0.3) is 0 Å². The van der Waals surface area contributed by atoms with Crippen molar-refractivity contribution in [2.24, 2.45) is 0 Å². The molecule has 3 rings (SSSR count). The molecule has 0 heterocycles. The summed E-state index contributed by atoms with van der Waals surface area (Å²) in [6.45, 7) is 10.9. The fourth-order valence-electron chi connectivity index (χ4n) is 2.60. The molecule has 1 nitrogen and oxygen atoms in total. The number of benzene rings is 2. The molecule has 3 aromatic rings. The topological polar surface area (TPSA) is 14.1 Å². The second-order valence-corrected chi connectivity index (χ2v) is 5.88. The largest absolute Gasteiger partial charge is 4.00 e. The Morgan fingerprint density at radius 3 is 1.42 bits per heavy atom. The van der Waals surface area contributed by atoms with Crippen molar-refractivity contribution in [3.63, 3.8) is 0 Å². The molecule has 0 N–H and O–H groups in total. The molecule has 0 aromatic heterocycles. The summed E-state index contributed by atoms with van der Waals surface area (Å²) in [5.74, 6) is 0. The molecule has 0 aliphatic carbocycles. The molecule has 0 fully saturated rings. The number of hydrogen-bond acceptors (Lipinski definition) is 0. The van der Waals surface area contributed by atoms with E-state index in [4.69, 9.17) is 5.32 Å². The molecule has 0 saturated heterocycles. The van der Waals surface area contributed by atoms with Gasteiger partial charge in [0, 0.05) is 0 Å². The Bertz CT molecular complexity index is 707. The Kier molecular flexibility index (Phi) is 13.7. The van der Waals surface area contributed by atoms with Gasteiger partial charge in [0.05, 0.1) is 0 Å². The number of rotatable bonds is 2. The van der Waals surface area contributed by atoms with Crippen molar-refractivity contribution < 1.29 is 46.5 Å². The molecule has 0 aliphatic rings. The summed E-state index contributed by atoms with van der Waals surface area (Å²) in [5.41, 5.74) is 8.82. The SMILES string of the molecule is Cc1c(C)c(C)c([N-]c2ccccc2)c(C)c1C.[Cl-].[Cl-].[Ti+4].c1cc[cH-]c1. The second kappa shape index (κ2) is 13.1. The molecule has 0 atom stereocenters. The fraction of sp³-hybridized carbons (Fsp3) is 0.227. The normalized spacial score (nSPS) is 8.81. The first-order valence-corrected chi connectivity index (χ1v) is 8.02. The van der Waals surface area contributed by atoms with Crippen molar-refractivity contribution in [2.75, 3.05) is 0 Å². The minimum Gasteiger partial charge on any atom is -1.00 e. The third-order valence-corrected chi connectivity index (χ3v) is 4.51. The van der Waals surface area contributed by atoms with Gasteiger partial charge < -0.3 is 30.1 Å². The smallest absolute Gasteiger partial charge is 1.00 e. The number of halogens is 2. The van der Waals surface area contributed by atoms with Crippen LogP contribution in [0.2, 0.25) is 0 Å². The van der Waals surface area contributed by atoms with Crippen molar-refractivity contribution in [1.82, 2.24) is 0 Å². The quantitative estimate of drug-likeness (QED) is 0.432. The number of nitrogens with zero attached hydrogens (tertiary/aromatic N) is 1. The monoisotopic (exact) mass is 421 g/mol. The van der Waals surface area contributed by atoms with E-state index in [0.717, 1.165) is 11.4 Å². The summed E-state index contributed by atoms with van der Waals surface area (Å²) in [6, 6.07) is 20.2. The van der Waals surface area contributed by atoms with E-state index in [1.807, 2.05) is 60.7 Å². The van der Waals surface area contributed by atoms with Gasteiger partial charge in [0.2, 0.25) is 0 Å². The first-order valence-electron chi connectivity index (χ1n) is 8.02. The van der Waals surface area contributed by atoms with Crippen molar-refractivity contribution in [3.05, 3.63) is 93.8 Å². The Hall–Kier alpha value is -1.12. The maximum atomic E-state index is 4.80. The Morgan fingerprint density at radius 1 is 0.615 bits per heavy atom. The molecule has 0 spiro atoms. The molecule has 3 aromatic carbocycles.